The Morgan fingerprint density at radius 2 is 1.65 bits per heavy atom. The second kappa shape index (κ2) is 14.3. The number of ether oxygens (including phenoxy) is 2. The maximum atomic E-state index is 14.3. The minimum absolute atomic E-state index is 0.00799. The number of nitrogens with one attached hydrogen (secondary N) is 2. The number of rotatable bonds is 15. The van der Waals surface area contributed by atoms with E-state index < -0.39 is 59.1 Å². The Balaban J connectivity index is 1.46. The number of benzene rings is 1. The van der Waals surface area contributed by atoms with Gasteiger partial charge in [0.25, 0.3) is 5.91 Å². The van der Waals surface area contributed by atoms with E-state index in [2.05, 4.69) is 24.5 Å². The molecule has 4 N–H and O–H groups in total. The zero-order chi connectivity index (χ0) is 35.7. The van der Waals surface area contributed by atoms with E-state index in [4.69, 9.17) is 15.2 Å². The molecule has 2 saturated carbocycles. The summed E-state index contributed by atoms with van der Waals surface area (Å²) in [5.41, 5.74) is 5.15. The number of piperidine rings is 1. The van der Waals surface area contributed by atoms with Crippen LogP contribution in [0.2, 0.25) is 0 Å². The summed E-state index contributed by atoms with van der Waals surface area (Å²) in [6, 6.07) is 3.55. The van der Waals surface area contributed by atoms with Crippen LogP contribution in [0.4, 0.5) is 4.79 Å². The molecule has 2 aliphatic carbocycles. The fourth-order valence-electron chi connectivity index (χ4n) is 7.08. The van der Waals surface area contributed by atoms with Crippen LogP contribution in [-0.2, 0) is 35.3 Å². The average Bonchev–Trinajstić information content (AvgIpc) is 3.87. The Morgan fingerprint density at radius 3 is 2.17 bits per heavy atom. The minimum atomic E-state index is -1.05. The van der Waals surface area contributed by atoms with Crippen molar-refractivity contribution in [2.75, 3.05) is 13.7 Å². The maximum absolute atomic E-state index is 14.3. The number of hydrogen-bond acceptors (Lipinski definition) is 8. The van der Waals surface area contributed by atoms with Gasteiger partial charge in [0.1, 0.15) is 24.4 Å². The molecule has 0 radical (unpaired) electrons. The number of likely N-dealkylation sites (tertiary alicyclic amines) is 1. The molecule has 0 aromatic heterocycles. The van der Waals surface area contributed by atoms with Gasteiger partial charge in [0.15, 0.2) is 5.78 Å². The quantitative estimate of drug-likeness (QED) is 0.188. The van der Waals surface area contributed by atoms with Crippen molar-refractivity contribution in [3.05, 3.63) is 29.8 Å². The predicted molar refractivity (Wildman–Crippen MR) is 177 cm³/mol. The van der Waals surface area contributed by atoms with Crippen LogP contribution in [0.25, 0.3) is 0 Å². The highest BCUT2D eigenvalue weighted by molar-refractivity contribution is 6.36. The van der Waals surface area contributed by atoms with Crippen molar-refractivity contribution in [2.45, 2.75) is 98.9 Å². The summed E-state index contributed by atoms with van der Waals surface area (Å²) in [5.74, 6) is -3.26. The number of urea groups is 1. The SMILES string of the molecule is COc1ccc(COC(=O)[C@@H](NC(=O)N[C@H](C(=O)N2C[C@H]3[C@@H]([C@H]2C(=O)CC(CC2CC2)C(=O)C(N)=O)C3(C)C)C(C)(C)C)C(C)C)cc1. The molecule has 48 heavy (non-hydrogen) atoms. The van der Waals surface area contributed by atoms with Gasteiger partial charge in [0.2, 0.25) is 11.7 Å². The summed E-state index contributed by atoms with van der Waals surface area (Å²) in [6.45, 7) is 13.5. The van der Waals surface area contributed by atoms with Gasteiger partial charge in [-0.3, -0.25) is 19.2 Å². The van der Waals surface area contributed by atoms with Crippen LogP contribution in [0.3, 0.4) is 0 Å². The first kappa shape index (κ1) is 36.9. The minimum Gasteiger partial charge on any atom is -0.497 e. The highest BCUT2D eigenvalue weighted by Gasteiger charge is 2.69. The number of hydrogen-bond donors (Lipinski definition) is 3. The Hall–Kier alpha value is -3.96. The molecule has 6 atom stereocenters. The van der Waals surface area contributed by atoms with Gasteiger partial charge in [-0.05, 0) is 58.6 Å². The smallest absolute Gasteiger partial charge is 0.329 e. The molecular weight excluding hydrogens is 616 g/mol. The van der Waals surface area contributed by atoms with Crippen LogP contribution in [0.15, 0.2) is 24.3 Å². The summed E-state index contributed by atoms with van der Waals surface area (Å²) in [4.78, 5) is 80.7. The van der Waals surface area contributed by atoms with Crippen LogP contribution < -0.4 is 21.1 Å². The van der Waals surface area contributed by atoms with Crippen molar-refractivity contribution in [3.63, 3.8) is 0 Å². The van der Waals surface area contributed by atoms with Crippen molar-refractivity contribution in [1.82, 2.24) is 15.5 Å². The summed E-state index contributed by atoms with van der Waals surface area (Å²) in [7, 11) is 1.56. The molecule has 1 unspecified atom stereocenters. The van der Waals surface area contributed by atoms with Crippen LogP contribution in [0.1, 0.15) is 79.7 Å². The number of carbonyl (C=O) groups excluding carboxylic acids is 6. The van der Waals surface area contributed by atoms with Crippen LogP contribution in [-0.4, -0.2) is 72.1 Å². The summed E-state index contributed by atoms with van der Waals surface area (Å²) in [6.07, 6.45) is 2.16. The van der Waals surface area contributed by atoms with E-state index in [1.165, 1.54) is 0 Å². The molecule has 12 nitrogen and oxygen atoms in total. The first-order valence-electron chi connectivity index (χ1n) is 16.9. The largest absolute Gasteiger partial charge is 0.497 e. The average molecular weight is 669 g/mol. The molecule has 1 aromatic rings. The first-order valence-corrected chi connectivity index (χ1v) is 16.9. The van der Waals surface area contributed by atoms with Crippen molar-refractivity contribution in [3.8, 4) is 5.75 Å². The van der Waals surface area contributed by atoms with Crippen LogP contribution in [0.5, 0.6) is 5.75 Å². The lowest BCUT2D eigenvalue weighted by Gasteiger charge is -2.38. The zero-order valence-corrected chi connectivity index (χ0v) is 29.5. The van der Waals surface area contributed by atoms with E-state index in [0.29, 0.717) is 24.6 Å². The first-order chi connectivity index (χ1) is 22.4. The monoisotopic (exact) mass is 668 g/mol. The van der Waals surface area contributed by atoms with Crippen molar-refractivity contribution in [1.29, 1.82) is 0 Å². The molecule has 1 aromatic carbocycles. The fourth-order valence-corrected chi connectivity index (χ4v) is 7.08. The van der Waals surface area contributed by atoms with E-state index in [-0.39, 0.29) is 42.0 Å². The molecule has 0 bridgehead atoms. The molecule has 4 rings (SSSR count). The van der Waals surface area contributed by atoms with Crippen LogP contribution >= 0.6 is 0 Å². The second-order valence-electron chi connectivity index (χ2n) is 15.8. The highest BCUT2D eigenvalue weighted by atomic mass is 16.5. The molecule has 264 valence electrons. The van der Waals surface area contributed by atoms with E-state index in [1.54, 1.807) is 50.1 Å². The third-order valence-corrected chi connectivity index (χ3v) is 10.3. The summed E-state index contributed by atoms with van der Waals surface area (Å²) in [5, 5.41) is 5.48. The van der Waals surface area contributed by atoms with Crippen molar-refractivity contribution in [2.24, 2.45) is 46.2 Å². The lowest BCUT2D eigenvalue weighted by molar-refractivity contribution is -0.148. The number of amides is 4. The summed E-state index contributed by atoms with van der Waals surface area (Å²) >= 11 is 0. The molecule has 3 aliphatic rings. The number of ketones is 2. The van der Waals surface area contributed by atoms with Gasteiger partial charge in [0, 0.05) is 18.9 Å². The van der Waals surface area contributed by atoms with Gasteiger partial charge in [-0.2, -0.15) is 0 Å². The highest BCUT2D eigenvalue weighted by Crippen LogP contribution is 2.65. The van der Waals surface area contributed by atoms with E-state index in [9.17, 15) is 28.8 Å². The van der Waals surface area contributed by atoms with Gasteiger partial charge >= 0.3 is 12.0 Å². The Kier molecular flexibility index (Phi) is 11.0. The zero-order valence-electron chi connectivity index (χ0n) is 29.5. The topological polar surface area (TPSA) is 174 Å². The van der Waals surface area contributed by atoms with Gasteiger partial charge < -0.3 is 30.7 Å². The molecular formula is C36H52N4O8. The molecule has 1 heterocycles. The second-order valence-corrected chi connectivity index (χ2v) is 15.8. The lowest BCUT2D eigenvalue weighted by atomic mass is 9.84. The number of fused-ring (bicyclic) bond motifs is 1. The number of carbonyl (C=O) groups is 6. The maximum Gasteiger partial charge on any atom is 0.329 e. The normalized spacial score (nSPS) is 22.9. The molecule has 4 amide bonds. The van der Waals surface area contributed by atoms with E-state index in [1.807, 2.05) is 20.8 Å². The molecule has 3 fully saturated rings. The van der Waals surface area contributed by atoms with Crippen LogP contribution in [0, 0.1) is 40.4 Å². The lowest BCUT2D eigenvalue weighted by Crippen LogP contribution is -2.61. The number of nitrogens with two attached hydrogens (primary N) is 1. The standard InChI is InChI=1S/C36H52N4O8/c1-19(2)27(33(45)48-18-21-11-13-23(47-8)14-12-21)38-34(46)39-30(35(3,4)5)32(44)40-17-24-26(36(24,6)7)28(40)25(41)16-22(15-20-9-10-20)29(42)31(37)43/h11-14,19-20,22,24,26-28,30H,9-10,15-18H2,1-8H3,(H2,37,43)(H2,38,39,46)/t22?,24-,26-,27-,28+,30+/m0/s1. The third-order valence-electron chi connectivity index (χ3n) is 10.3. The fraction of sp³-hybridized carbons (Fsp3) is 0.667. The Bertz CT molecular complexity index is 1410. The molecule has 0 spiro atoms. The van der Waals surface area contributed by atoms with Gasteiger partial charge in [0.05, 0.1) is 13.2 Å². The number of Topliss-reactive ketones (excluding diaryl/α,β-unsaturated/α-hetero) is 2. The van der Waals surface area contributed by atoms with Gasteiger partial charge in [-0.15, -0.1) is 0 Å². The molecule has 1 aliphatic heterocycles. The van der Waals surface area contributed by atoms with Crippen molar-refractivity contribution < 1.29 is 38.2 Å². The Morgan fingerprint density at radius 1 is 1.02 bits per heavy atom. The predicted octanol–water partition coefficient (Wildman–Crippen LogP) is 3.39. The third kappa shape index (κ3) is 8.36. The van der Waals surface area contributed by atoms with Gasteiger partial charge in [-0.1, -0.05) is 73.4 Å². The van der Waals surface area contributed by atoms with E-state index >= 15 is 0 Å². The number of nitrogens with zero attached hydrogens (tertiary/aromatic N) is 1. The molecule has 12 heteroatoms. The molecule has 1 saturated heterocycles. The number of esters is 1. The summed E-state index contributed by atoms with van der Waals surface area (Å²) < 4.78 is 10.7. The van der Waals surface area contributed by atoms with Crippen molar-refractivity contribution >= 4 is 35.4 Å². The van der Waals surface area contributed by atoms with Gasteiger partial charge in [-0.25, -0.2) is 9.59 Å². The number of primary amides is 1. The Labute approximate surface area is 283 Å². The van der Waals surface area contributed by atoms with E-state index in [0.717, 1.165) is 18.4 Å². The number of methoxy groups -OCH3 is 1.